The summed E-state index contributed by atoms with van der Waals surface area (Å²) < 4.78 is 9.82. The Morgan fingerprint density at radius 3 is 2.46 bits per heavy atom. The predicted octanol–water partition coefficient (Wildman–Crippen LogP) is 2.92. The van der Waals surface area contributed by atoms with Crippen molar-refractivity contribution in [1.29, 1.82) is 0 Å². The second kappa shape index (κ2) is 10.7. The van der Waals surface area contributed by atoms with E-state index in [1.165, 1.54) is 6.92 Å². The summed E-state index contributed by atoms with van der Waals surface area (Å²) in [5, 5.41) is 11.8. The first-order valence-corrected chi connectivity index (χ1v) is 9.46. The number of aliphatic carboxylic acids is 1. The Morgan fingerprint density at radius 1 is 1.19 bits per heavy atom. The van der Waals surface area contributed by atoms with Gasteiger partial charge in [0.05, 0.1) is 11.8 Å². The summed E-state index contributed by atoms with van der Waals surface area (Å²) in [6.07, 6.45) is 0.338. The van der Waals surface area contributed by atoms with E-state index in [1.807, 2.05) is 30.5 Å². The predicted molar refractivity (Wildman–Crippen MR) is 97.9 cm³/mol. The number of carbonyl (C=O) groups is 3. The van der Waals surface area contributed by atoms with Gasteiger partial charge in [-0.3, -0.25) is 9.59 Å². The van der Waals surface area contributed by atoms with E-state index in [0.717, 1.165) is 10.5 Å². The highest BCUT2D eigenvalue weighted by Gasteiger charge is 2.21. The Morgan fingerprint density at radius 2 is 1.88 bits per heavy atom. The van der Waals surface area contributed by atoms with Crippen LogP contribution in [0.1, 0.15) is 26.3 Å². The molecular weight excluding hydrogens is 358 g/mol. The zero-order valence-corrected chi connectivity index (χ0v) is 16.2. The van der Waals surface area contributed by atoms with Gasteiger partial charge < -0.3 is 19.9 Å². The van der Waals surface area contributed by atoms with Crippen molar-refractivity contribution in [2.24, 2.45) is 11.8 Å². The number of benzene rings is 1. The van der Waals surface area contributed by atoms with Crippen LogP contribution in [0.4, 0.5) is 4.79 Å². The van der Waals surface area contributed by atoms with E-state index in [-0.39, 0.29) is 18.9 Å². The molecule has 0 aliphatic rings. The van der Waals surface area contributed by atoms with Gasteiger partial charge in [0.1, 0.15) is 0 Å². The molecule has 0 spiro atoms. The molecular formula is C18H25NO6S. The number of carbonyl (C=O) groups excluding carboxylic acids is 2. The van der Waals surface area contributed by atoms with Gasteiger partial charge in [-0.05, 0) is 30.4 Å². The number of nitrogens with one attached hydrogen (secondary N) is 1. The summed E-state index contributed by atoms with van der Waals surface area (Å²) in [6.45, 7) is 4.65. The molecule has 1 amide bonds. The van der Waals surface area contributed by atoms with E-state index in [9.17, 15) is 19.5 Å². The molecule has 144 valence electrons. The lowest BCUT2D eigenvalue weighted by Crippen LogP contribution is -2.36. The molecule has 7 nitrogen and oxygen atoms in total. The van der Waals surface area contributed by atoms with Crippen molar-refractivity contribution >= 4 is 29.8 Å². The van der Waals surface area contributed by atoms with Gasteiger partial charge in [-0.1, -0.05) is 26.0 Å². The van der Waals surface area contributed by atoms with Gasteiger partial charge in [-0.2, -0.15) is 0 Å². The standard InChI is InChI=1S/C18H25NO6S/c1-11(2)17(22)24-12(3)25-18(23)19-10-14(16(20)21)8-13-6-5-7-15(9-13)26-4/h5-7,9,11-12,14H,8,10H2,1-4H3,(H,19,23)(H,20,21)/t12-,14+/m1/s1. The van der Waals surface area contributed by atoms with Gasteiger partial charge in [0, 0.05) is 18.4 Å². The number of amides is 1. The van der Waals surface area contributed by atoms with Crippen LogP contribution in [0, 0.1) is 11.8 Å². The van der Waals surface area contributed by atoms with Crippen LogP contribution in [-0.2, 0) is 25.5 Å². The van der Waals surface area contributed by atoms with E-state index in [2.05, 4.69) is 5.32 Å². The number of carboxylic acid groups (broad SMARTS) is 1. The lowest BCUT2D eigenvalue weighted by molar-refractivity contribution is -0.168. The highest BCUT2D eigenvalue weighted by atomic mass is 32.2. The molecule has 8 heteroatoms. The molecule has 1 aromatic carbocycles. The van der Waals surface area contributed by atoms with Crippen molar-refractivity contribution < 1.29 is 29.0 Å². The minimum atomic E-state index is -1.05. The van der Waals surface area contributed by atoms with Gasteiger partial charge in [-0.25, -0.2) is 4.79 Å². The lowest BCUT2D eigenvalue weighted by atomic mass is 9.99. The van der Waals surface area contributed by atoms with Gasteiger partial charge in [0.15, 0.2) is 0 Å². The van der Waals surface area contributed by atoms with Crippen LogP contribution in [0.25, 0.3) is 0 Å². The van der Waals surface area contributed by atoms with Crippen molar-refractivity contribution in [1.82, 2.24) is 5.32 Å². The molecule has 2 atom stereocenters. The fourth-order valence-corrected chi connectivity index (χ4v) is 2.54. The molecule has 0 heterocycles. The Bertz CT molecular complexity index is 634. The van der Waals surface area contributed by atoms with Crippen LogP contribution < -0.4 is 5.32 Å². The Labute approximate surface area is 157 Å². The van der Waals surface area contributed by atoms with E-state index in [0.29, 0.717) is 0 Å². The van der Waals surface area contributed by atoms with Gasteiger partial charge in [-0.15, -0.1) is 11.8 Å². The first-order valence-electron chi connectivity index (χ1n) is 8.23. The fourth-order valence-electron chi connectivity index (χ4n) is 2.05. The van der Waals surface area contributed by atoms with Crippen LogP contribution in [0.5, 0.6) is 0 Å². The Balaban J connectivity index is 2.53. The lowest BCUT2D eigenvalue weighted by Gasteiger charge is -2.17. The average molecular weight is 383 g/mol. The monoisotopic (exact) mass is 383 g/mol. The SMILES string of the molecule is CSc1cccc(C[C@@H](CNC(=O)O[C@H](C)OC(=O)C(C)C)C(=O)O)c1. The molecule has 0 saturated heterocycles. The zero-order chi connectivity index (χ0) is 19.7. The van der Waals surface area contributed by atoms with E-state index >= 15 is 0 Å². The molecule has 0 fully saturated rings. The first-order chi connectivity index (χ1) is 12.2. The number of esters is 1. The van der Waals surface area contributed by atoms with Crippen LogP contribution in [0.3, 0.4) is 0 Å². The van der Waals surface area contributed by atoms with E-state index < -0.39 is 30.2 Å². The summed E-state index contributed by atoms with van der Waals surface area (Å²) in [5.74, 6) is -2.63. The molecule has 0 unspecified atom stereocenters. The normalized spacial score (nSPS) is 13.0. The molecule has 26 heavy (non-hydrogen) atoms. The summed E-state index contributed by atoms with van der Waals surface area (Å²) in [5.41, 5.74) is 0.874. The molecule has 1 aromatic rings. The molecule has 0 aliphatic heterocycles. The summed E-state index contributed by atoms with van der Waals surface area (Å²) in [4.78, 5) is 35.7. The molecule has 0 saturated carbocycles. The van der Waals surface area contributed by atoms with Crippen molar-refractivity contribution in [3.63, 3.8) is 0 Å². The number of carboxylic acids is 1. The summed E-state index contributed by atoms with van der Waals surface area (Å²) in [6, 6.07) is 7.58. The second-order valence-electron chi connectivity index (χ2n) is 6.04. The largest absolute Gasteiger partial charge is 0.481 e. The Hall–Kier alpha value is -2.22. The number of rotatable bonds is 9. The summed E-state index contributed by atoms with van der Waals surface area (Å²) in [7, 11) is 0. The zero-order valence-electron chi connectivity index (χ0n) is 15.4. The Kier molecular flexibility index (Phi) is 8.98. The van der Waals surface area contributed by atoms with Crippen LogP contribution in [0.2, 0.25) is 0 Å². The van der Waals surface area contributed by atoms with E-state index in [1.54, 1.807) is 25.6 Å². The number of ether oxygens (including phenoxy) is 2. The highest BCUT2D eigenvalue weighted by molar-refractivity contribution is 7.98. The maximum absolute atomic E-state index is 11.8. The maximum Gasteiger partial charge on any atom is 0.410 e. The van der Waals surface area contributed by atoms with Crippen molar-refractivity contribution in [2.75, 3.05) is 12.8 Å². The van der Waals surface area contributed by atoms with Crippen LogP contribution >= 0.6 is 11.8 Å². The molecule has 0 radical (unpaired) electrons. The number of thioether (sulfide) groups is 1. The molecule has 1 rings (SSSR count). The second-order valence-corrected chi connectivity index (χ2v) is 6.92. The third kappa shape index (κ3) is 7.77. The number of alkyl carbamates (subject to hydrolysis) is 1. The van der Waals surface area contributed by atoms with Crippen molar-refractivity contribution in [3.05, 3.63) is 29.8 Å². The number of hydrogen-bond donors (Lipinski definition) is 2. The van der Waals surface area contributed by atoms with Crippen LogP contribution in [-0.4, -0.2) is 42.2 Å². The molecule has 2 N–H and O–H groups in total. The van der Waals surface area contributed by atoms with Crippen molar-refractivity contribution in [2.45, 2.75) is 38.4 Å². The third-order valence-electron chi connectivity index (χ3n) is 3.48. The van der Waals surface area contributed by atoms with Gasteiger partial charge in [0.2, 0.25) is 6.29 Å². The maximum atomic E-state index is 11.8. The van der Waals surface area contributed by atoms with Gasteiger partial charge in [0.25, 0.3) is 0 Å². The van der Waals surface area contributed by atoms with Crippen LogP contribution in [0.15, 0.2) is 29.2 Å². The molecule has 0 aromatic heterocycles. The quantitative estimate of drug-likeness (QED) is 0.384. The molecule has 0 aliphatic carbocycles. The third-order valence-corrected chi connectivity index (χ3v) is 4.21. The fraction of sp³-hybridized carbons (Fsp3) is 0.500. The topological polar surface area (TPSA) is 102 Å². The smallest absolute Gasteiger partial charge is 0.410 e. The summed E-state index contributed by atoms with van der Waals surface area (Å²) >= 11 is 1.57. The van der Waals surface area contributed by atoms with Gasteiger partial charge >= 0.3 is 18.0 Å². The highest BCUT2D eigenvalue weighted by Crippen LogP contribution is 2.18. The number of hydrogen-bond acceptors (Lipinski definition) is 6. The first kappa shape index (κ1) is 21.8. The average Bonchev–Trinajstić information content (AvgIpc) is 2.58. The van der Waals surface area contributed by atoms with E-state index in [4.69, 9.17) is 9.47 Å². The minimum Gasteiger partial charge on any atom is -0.481 e. The minimum absolute atomic E-state index is 0.0947. The molecule has 0 bridgehead atoms. The van der Waals surface area contributed by atoms with Crippen molar-refractivity contribution in [3.8, 4) is 0 Å².